The zero-order chi connectivity index (χ0) is 13.1. The highest BCUT2D eigenvalue weighted by Crippen LogP contribution is 2.30. The lowest BCUT2D eigenvalue weighted by Crippen LogP contribution is -1.98. The molecule has 2 aromatic heterocycles. The fourth-order valence-corrected chi connectivity index (χ4v) is 2.63. The third kappa shape index (κ3) is 2.46. The van der Waals surface area contributed by atoms with Gasteiger partial charge in [0.05, 0.1) is 5.69 Å². The van der Waals surface area contributed by atoms with Gasteiger partial charge in [0.25, 0.3) is 0 Å². The minimum Gasteiger partial charge on any atom is -0.477 e. The van der Waals surface area contributed by atoms with Crippen molar-refractivity contribution < 1.29 is 14.3 Å². The van der Waals surface area contributed by atoms with Gasteiger partial charge in [-0.05, 0) is 18.6 Å². The van der Waals surface area contributed by atoms with Crippen LogP contribution in [0.25, 0.3) is 10.8 Å². The van der Waals surface area contributed by atoms with Gasteiger partial charge in [-0.25, -0.2) is 9.78 Å². The molecular formula is C13H15NO3S. The van der Waals surface area contributed by atoms with Gasteiger partial charge in [0.1, 0.15) is 10.6 Å². The zero-order valence-corrected chi connectivity index (χ0v) is 11.2. The van der Waals surface area contributed by atoms with Crippen molar-refractivity contribution in [2.24, 2.45) is 0 Å². The van der Waals surface area contributed by atoms with Crippen LogP contribution >= 0.6 is 11.3 Å². The fourth-order valence-electron chi connectivity index (χ4n) is 1.71. The van der Waals surface area contributed by atoms with Crippen LogP contribution in [0.5, 0.6) is 0 Å². The molecule has 2 rings (SSSR count). The van der Waals surface area contributed by atoms with Gasteiger partial charge in [-0.2, -0.15) is 0 Å². The Labute approximate surface area is 109 Å². The Morgan fingerprint density at radius 3 is 2.78 bits per heavy atom. The first-order valence-corrected chi connectivity index (χ1v) is 6.79. The number of aromatic carboxylic acids is 1. The number of carboxylic acid groups (broad SMARTS) is 1. The summed E-state index contributed by atoms with van der Waals surface area (Å²) >= 11 is 1.18. The summed E-state index contributed by atoms with van der Waals surface area (Å²) in [5.74, 6) is 0.625. The van der Waals surface area contributed by atoms with Gasteiger partial charge in [0.2, 0.25) is 0 Å². The molecule has 0 unspecified atom stereocenters. The van der Waals surface area contributed by atoms with Gasteiger partial charge in [0, 0.05) is 6.42 Å². The second kappa shape index (κ2) is 5.35. The average Bonchev–Trinajstić information content (AvgIpc) is 2.94. The van der Waals surface area contributed by atoms with E-state index < -0.39 is 5.97 Å². The molecule has 0 radical (unpaired) electrons. The van der Waals surface area contributed by atoms with E-state index in [1.165, 1.54) is 11.3 Å². The van der Waals surface area contributed by atoms with Gasteiger partial charge in [-0.15, -0.1) is 11.3 Å². The Morgan fingerprint density at radius 2 is 2.22 bits per heavy atom. The van der Waals surface area contributed by atoms with Gasteiger partial charge >= 0.3 is 5.97 Å². The molecule has 1 N–H and O–H groups in total. The molecule has 96 valence electrons. The smallest absolute Gasteiger partial charge is 0.347 e. The molecule has 0 aromatic carbocycles. The van der Waals surface area contributed by atoms with E-state index in [9.17, 15) is 4.79 Å². The van der Waals surface area contributed by atoms with E-state index in [-0.39, 0.29) is 0 Å². The predicted octanol–water partition coefficient (Wildman–Crippen LogP) is 3.62. The quantitative estimate of drug-likeness (QED) is 0.896. The van der Waals surface area contributed by atoms with Crippen LogP contribution in [0.2, 0.25) is 0 Å². The van der Waals surface area contributed by atoms with Crippen molar-refractivity contribution in [1.29, 1.82) is 0 Å². The van der Waals surface area contributed by atoms with E-state index in [0.717, 1.165) is 18.6 Å². The lowest BCUT2D eigenvalue weighted by molar-refractivity contribution is 0.0700. The van der Waals surface area contributed by atoms with E-state index in [0.29, 0.717) is 27.8 Å². The molecule has 0 aliphatic rings. The molecule has 0 aliphatic heterocycles. The molecule has 0 fully saturated rings. The molecular weight excluding hydrogens is 250 g/mol. The number of furan rings is 1. The predicted molar refractivity (Wildman–Crippen MR) is 70.1 cm³/mol. The molecule has 0 spiro atoms. The highest BCUT2D eigenvalue weighted by Gasteiger charge is 2.19. The first-order chi connectivity index (χ1) is 8.65. The van der Waals surface area contributed by atoms with E-state index in [1.54, 1.807) is 0 Å². The summed E-state index contributed by atoms with van der Waals surface area (Å²) in [6.07, 6.45) is 2.38. The maximum absolute atomic E-state index is 11.1. The van der Waals surface area contributed by atoms with Crippen LogP contribution in [0.1, 0.15) is 41.4 Å². The van der Waals surface area contributed by atoms with Crippen molar-refractivity contribution in [2.75, 3.05) is 0 Å². The third-order valence-electron chi connectivity index (χ3n) is 2.60. The number of hydrogen-bond acceptors (Lipinski definition) is 4. The molecule has 4 nitrogen and oxygen atoms in total. The monoisotopic (exact) mass is 265 g/mol. The van der Waals surface area contributed by atoms with Crippen molar-refractivity contribution >= 4 is 17.3 Å². The van der Waals surface area contributed by atoms with E-state index in [1.807, 2.05) is 26.0 Å². The SMILES string of the molecule is CCCc1nc(-c2ccc(CC)o2)sc1C(=O)O. The highest BCUT2D eigenvalue weighted by molar-refractivity contribution is 7.16. The summed E-state index contributed by atoms with van der Waals surface area (Å²) in [4.78, 5) is 15.8. The van der Waals surface area contributed by atoms with Crippen LogP contribution in [0.4, 0.5) is 0 Å². The molecule has 2 aromatic rings. The third-order valence-corrected chi connectivity index (χ3v) is 3.70. The molecule has 0 aliphatic carbocycles. The van der Waals surface area contributed by atoms with Crippen LogP contribution in [-0.2, 0) is 12.8 Å². The van der Waals surface area contributed by atoms with Crippen molar-refractivity contribution in [2.45, 2.75) is 33.1 Å². The lowest BCUT2D eigenvalue weighted by Gasteiger charge is -1.93. The Balaban J connectivity index is 2.39. The van der Waals surface area contributed by atoms with Crippen LogP contribution in [0.3, 0.4) is 0 Å². The molecule has 0 amide bonds. The summed E-state index contributed by atoms with van der Waals surface area (Å²) in [5, 5.41) is 9.79. The van der Waals surface area contributed by atoms with Gasteiger partial charge < -0.3 is 9.52 Å². The second-order valence-electron chi connectivity index (χ2n) is 3.97. The minimum absolute atomic E-state index is 0.321. The molecule has 0 atom stereocenters. The molecule has 18 heavy (non-hydrogen) atoms. The van der Waals surface area contributed by atoms with Gasteiger partial charge in [0.15, 0.2) is 10.8 Å². The fraction of sp³-hybridized carbons (Fsp3) is 0.385. The minimum atomic E-state index is -0.913. The lowest BCUT2D eigenvalue weighted by atomic mass is 10.2. The van der Waals surface area contributed by atoms with Gasteiger partial charge in [-0.1, -0.05) is 20.3 Å². The number of aryl methyl sites for hydroxylation is 2. The molecule has 5 heteroatoms. The number of aromatic nitrogens is 1. The number of thiazole rings is 1. The standard InChI is InChI=1S/C13H15NO3S/c1-3-5-9-11(13(15)16)18-12(14-9)10-7-6-8(4-2)17-10/h6-7H,3-5H2,1-2H3,(H,15,16). The van der Waals surface area contributed by atoms with Crippen molar-refractivity contribution in [3.8, 4) is 10.8 Å². The largest absolute Gasteiger partial charge is 0.477 e. The topological polar surface area (TPSA) is 63.3 Å². The maximum atomic E-state index is 11.1. The number of carboxylic acids is 1. The van der Waals surface area contributed by atoms with Crippen LogP contribution in [-0.4, -0.2) is 16.1 Å². The first-order valence-electron chi connectivity index (χ1n) is 5.97. The van der Waals surface area contributed by atoms with Crippen LogP contribution in [0, 0.1) is 0 Å². The molecule has 0 bridgehead atoms. The van der Waals surface area contributed by atoms with Crippen LogP contribution in [0.15, 0.2) is 16.5 Å². The van der Waals surface area contributed by atoms with Crippen molar-refractivity contribution in [3.63, 3.8) is 0 Å². The Hall–Kier alpha value is -1.62. The Kier molecular flexibility index (Phi) is 3.81. The van der Waals surface area contributed by atoms with Crippen molar-refractivity contribution in [1.82, 2.24) is 4.98 Å². The van der Waals surface area contributed by atoms with Gasteiger partial charge in [-0.3, -0.25) is 0 Å². The molecule has 0 saturated heterocycles. The van der Waals surface area contributed by atoms with E-state index in [2.05, 4.69) is 4.98 Å². The van der Waals surface area contributed by atoms with E-state index >= 15 is 0 Å². The first kappa shape index (κ1) is 12.8. The average molecular weight is 265 g/mol. The second-order valence-corrected chi connectivity index (χ2v) is 4.97. The summed E-state index contributed by atoms with van der Waals surface area (Å²) in [6.45, 7) is 4.02. The van der Waals surface area contributed by atoms with Crippen molar-refractivity contribution in [3.05, 3.63) is 28.5 Å². The highest BCUT2D eigenvalue weighted by atomic mass is 32.1. The zero-order valence-electron chi connectivity index (χ0n) is 10.4. The number of hydrogen-bond donors (Lipinski definition) is 1. The number of nitrogens with zero attached hydrogens (tertiary/aromatic N) is 1. The molecule has 2 heterocycles. The normalized spacial score (nSPS) is 10.8. The summed E-state index contributed by atoms with van der Waals surface area (Å²) in [7, 11) is 0. The maximum Gasteiger partial charge on any atom is 0.347 e. The summed E-state index contributed by atoms with van der Waals surface area (Å²) < 4.78 is 5.60. The Bertz CT molecular complexity index is 556. The van der Waals surface area contributed by atoms with Crippen LogP contribution < -0.4 is 0 Å². The Morgan fingerprint density at radius 1 is 1.44 bits per heavy atom. The number of carbonyl (C=O) groups is 1. The molecule has 0 saturated carbocycles. The summed E-state index contributed by atoms with van der Waals surface area (Å²) in [5.41, 5.74) is 0.652. The van der Waals surface area contributed by atoms with E-state index in [4.69, 9.17) is 9.52 Å². The number of rotatable bonds is 5. The summed E-state index contributed by atoms with van der Waals surface area (Å²) in [6, 6.07) is 3.75.